The van der Waals surface area contributed by atoms with Gasteiger partial charge < -0.3 is 10.1 Å². The minimum Gasteiger partial charge on any atom is -0.462 e. The van der Waals surface area contributed by atoms with Gasteiger partial charge in [0.25, 0.3) is 5.91 Å². The predicted octanol–water partition coefficient (Wildman–Crippen LogP) is 6.24. The molecule has 0 aromatic heterocycles. The second kappa shape index (κ2) is 12.2. The minimum absolute atomic E-state index is 0.215. The molecule has 0 radical (unpaired) electrons. The quantitative estimate of drug-likeness (QED) is 0.207. The summed E-state index contributed by atoms with van der Waals surface area (Å²) in [6, 6.07) is 22.2. The molecule has 2 amide bonds. The molecule has 0 spiro atoms. The second-order valence-corrected chi connectivity index (χ2v) is 10.1. The van der Waals surface area contributed by atoms with E-state index in [4.69, 9.17) is 27.9 Å². The number of nitriles is 1. The van der Waals surface area contributed by atoms with Crippen molar-refractivity contribution in [2.24, 2.45) is 0 Å². The van der Waals surface area contributed by atoms with Crippen LogP contribution in [0.5, 0.6) is 0 Å². The van der Waals surface area contributed by atoms with E-state index in [1.807, 2.05) is 12.1 Å². The molecule has 0 unspecified atom stereocenters. The van der Waals surface area contributed by atoms with E-state index in [-0.39, 0.29) is 33.8 Å². The zero-order chi connectivity index (χ0) is 27.2. The predicted molar refractivity (Wildman–Crippen MR) is 149 cm³/mol. The summed E-state index contributed by atoms with van der Waals surface area (Å²) >= 11 is 13.4. The van der Waals surface area contributed by atoms with Crippen molar-refractivity contribution in [2.45, 2.75) is 18.6 Å². The summed E-state index contributed by atoms with van der Waals surface area (Å²) in [6.45, 7) is 2.01. The number of benzene rings is 3. The lowest BCUT2D eigenvalue weighted by Gasteiger charge is -2.18. The third-order valence-corrected chi connectivity index (χ3v) is 7.41. The van der Waals surface area contributed by atoms with Gasteiger partial charge in [-0.25, -0.2) is 4.79 Å². The fourth-order valence-electron chi connectivity index (χ4n) is 3.78. The SMILES string of the molecule is CCOC(=O)c1ccc(C[C@@H]2S/C(=C(/C#N)C(=O)Nc3cc(Cl)ccc3Cl)N(c3ccccc3)C2=O)cc1. The third kappa shape index (κ3) is 6.03. The number of hydrogen-bond donors (Lipinski definition) is 1. The van der Waals surface area contributed by atoms with Gasteiger partial charge in [-0.3, -0.25) is 14.5 Å². The van der Waals surface area contributed by atoms with Crippen LogP contribution in [0.3, 0.4) is 0 Å². The number of thioether (sulfide) groups is 1. The lowest BCUT2D eigenvalue weighted by atomic mass is 10.1. The topological polar surface area (TPSA) is 99.5 Å². The van der Waals surface area contributed by atoms with Gasteiger partial charge >= 0.3 is 5.97 Å². The number of amides is 2. The van der Waals surface area contributed by atoms with Crippen molar-refractivity contribution in [2.75, 3.05) is 16.8 Å². The summed E-state index contributed by atoms with van der Waals surface area (Å²) in [6.07, 6.45) is 0.319. The molecule has 0 bridgehead atoms. The normalized spacial score (nSPS) is 16.1. The number of rotatable bonds is 7. The smallest absolute Gasteiger partial charge is 0.338 e. The van der Waals surface area contributed by atoms with Crippen molar-refractivity contribution in [3.8, 4) is 6.07 Å². The summed E-state index contributed by atoms with van der Waals surface area (Å²) in [7, 11) is 0. The van der Waals surface area contributed by atoms with Gasteiger partial charge in [-0.2, -0.15) is 5.26 Å². The van der Waals surface area contributed by atoms with E-state index < -0.39 is 17.1 Å². The first-order valence-electron chi connectivity index (χ1n) is 11.5. The second-order valence-electron chi connectivity index (χ2n) is 8.11. The van der Waals surface area contributed by atoms with E-state index in [0.717, 1.165) is 17.3 Å². The average molecular weight is 566 g/mol. The van der Waals surface area contributed by atoms with Gasteiger partial charge in [-0.15, -0.1) is 0 Å². The summed E-state index contributed by atoms with van der Waals surface area (Å²) in [4.78, 5) is 40.2. The highest BCUT2D eigenvalue weighted by Crippen LogP contribution is 2.42. The molecule has 10 heteroatoms. The Morgan fingerprint density at radius 3 is 2.45 bits per heavy atom. The molecule has 192 valence electrons. The molecule has 1 aliphatic heterocycles. The van der Waals surface area contributed by atoms with Crippen molar-refractivity contribution in [3.05, 3.63) is 105 Å². The molecular formula is C28H21Cl2N3O4S. The largest absolute Gasteiger partial charge is 0.462 e. The molecule has 1 aliphatic rings. The Bertz CT molecular complexity index is 1450. The number of nitrogens with zero attached hydrogens (tertiary/aromatic N) is 2. The van der Waals surface area contributed by atoms with Gasteiger partial charge in [0.05, 0.1) is 28.1 Å². The molecule has 3 aromatic rings. The molecule has 0 saturated carbocycles. The molecule has 38 heavy (non-hydrogen) atoms. The summed E-state index contributed by atoms with van der Waals surface area (Å²) in [5, 5.41) is 12.8. The number of anilines is 2. The maximum atomic E-state index is 13.6. The van der Waals surface area contributed by atoms with Crippen LogP contribution in [0.2, 0.25) is 10.0 Å². The molecule has 7 nitrogen and oxygen atoms in total. The van der Waals surface area contributed by atoms with Crippen LogP contribution in [0.1, 0.15) is 22.8 Å². The number of nitrogens with one attached hydrogen (secondary N) is 1. The number of carbonyl (C=O) groups is 3. The Kier molecular flexibility index (Phi) is 8.74. The fourth-order valence-corrected chi connectivity index (χ4v) is 5.43. The molecule has 3 aromatic carbocycles. The molecule has 0 aliphatic carbocycles. The average Bonchev–Trinajstić information content (AvgIpc) is 3.22. The zero-order valence-electron chi connectivity index (χ0n) is 20.1. The molecule has 1 N–H and O–H groups in total. The monoisotopic (exact) mass is 565 g/mol. The number of para-hydroxylation sites is 1. The van der Waals surface area contributed by atoms with Crippen LogP contribution in [0, 0.1) is 11.3 Å². The lowest BCUT2D eigenvalue weighted by molar-refractivity contribution is -0.117. The molecule has 4 rings (SSSR count). The maximum absolute atomic E-state index is 13.6. The Morgan fingerprint density at radius 1 is 1.08 bits per heavy atom. The Labute approximate surface area is 234 Å². The van der Waals surface area contributed by atoms with E-state index in [9.17, 15) is 19.6 Å². The molecular weight excluding hydrogens is 545 g/mol. The van der Waals surface area contributed by atoms with E-state index in [1.54, 1.807) is 61.5 Å². The third-order valence-electron chi connectivity index (χ3n) is 5.58. The Balaban J connectivity index is 1.66. The standard InChI is InChI=1S/C28H21Cl2N3O4S/c1-2-37-28(36)18-10-8-17(9-11-18)14-24-26(35)33(20-6-4-3-5-7-20)27(38-24)21(16-31)25(34)32-23-15-19(29)12-13-22(23)30/h3-13,15,24H,2,14H2,1H3,(H,32,34)/b27-21-/t24-/m0/s1. The van der Waals surface area contributed by atoms with Crippen LogP contribution in [-0.4, -0.2) is 29.6 Å². The number of halogens is 2. The van der Waals surface area contributed by atoms with Gasteiger partial charge in [-0.05, 0) is 61.4 Å². The summed E-state index contributed by atoms with van der Waals surface area (Å²) < 4.78 is 5.02. The highest BCUT2D eigenvalue weighted by atomic mass is 35.5. The van der Waals surface area contributed by atoms with E-state index in [0.29, 0.717) is 22.7 Å². The van der Waals surface area contributed by atoms with Crippen LogP contribution >= 0.6 is 35.0 Å². The van der Waals surface area contributed by atoms with Gasteiger partial charge in [0.15, 0.2) is 0 Å². The van der Waals surface area contributed by atoms with Crippen molar-refractivity contribution in [1.82, 2.24) is 0 Å². The van der Waals surface area contributed by atoms with Crippen molar-refractivity contribution < 1.29 is 19.1 Å². The zero-order valence-corrected chi connectivity index (χ0v) is 22.4. The van der Waals surface area contributed by atoms with Crippen molar-refractivity contribution in [3.63, 3.8) is 0 Å². The molecule has 1 fully saturated rings. The van der Waals surface area contributed by atoms with Gasteiger partial charge in [0.2, 0.25) is 5.91 Å². The number of carbonyl (C=O) groups excluding carboxylic acids is 3. The first-order chi connectivity index (χ1) is 18.3. The molecule has 1 atom stereocenters. The van der Waals surface area contributed by atoms with E-state index in [2.05, 4.69) is 5.32 Å². The summed E-state index contributed by atoms with van der Waals surface area (Å²) in [5.41, 5.74) is 1.77. The Hall–Kier alpha value is -3.77. The van der Waals surface area contributed by atoms with Crippen LogP contribution in [0.15, 0.2) is 83.4 Å². The first-order valence-corrected chi connectivity index (χ1v) is 13.2. The highest BCUT2D eigenvalue weighted by molar-refractivity contribution is 8.05. The van der Waals surface area contributed by atoms with Crippen LogP contribution in [-0.2, 0) is 20.7 Å². The first kappa shape index (κ1) is 27.3. The van der Waals surface area contributed by atoms with Gasteiger partial charge in [0.1, 0.15) is 16.7 Å². The van der Waals surface area contributed by atoms with Crippen LogP contribution in [0.25, 0.3) is 0 Å². The van der Waals surface area contributed by atoms with E-state index >= 15 is 0 Å². The van der Waals surface area contributed by atoms with Crippen molar-refractivity contribution in [1.29, 1.82) is 5.26 Å². The number of esters is 1. The van der Waals surface area contributed by atoms with E-state index in [1.165, 1.54) is 17.0 Å². The van der Waals surface area contributed by atoms with Crippen LogP contribution < -0.4 is 10.2 Å². The lowest BCUT2D eigenvalue weighted by Crippen LogP contribution is -2.30. The minimum atomic E-state index is -0.715. The maximum Gasteiger partial charge on any atom is 0.338 e. The molecule has 1 heterocycles. The summed E-state index contributed by atoms with van der Waals surface area (Å²) in [5.74, 6) is -1.41. The number of ether oxygens (including phenoxy) is 1. The van der Waals surface area contributed by atoms with Gasteiger partial charge in [0, 0.05) is 10.7 Å². The van der Waals surface area contributed by atoms with Crippen LogP contribution in [0.4, 0.5) is 11.4 Å². The van der Waals surface area contributed by atoms with Gasteiger partial charge in [-0.1, -0.05) is 65.3 Å². The fraction of sp³-hybridized carbons (Fsp3) is 0.143. The Morgan fingerprint density at radius 2 is 1.79 bits per heavy atom. The molecule has 1 saturated heterocycles. The highest BCUT2D eigenvalue weighted by Gasteiger charge is 2.40. The van der Waals surface area contributed by atoms with Crippen molar-refractivity contribution >= 4 is 64.1 Å². The number of hydrogen-bond acceptors (Lipinski definition) is 6.